The van der Waals surface area contributed by atoms with E-state index >= 15 is 0 Å². The third-order valence-corrected chi connectivity index (χ3v) is 5.26. The van der Waals surface area contributed by atoms with E-state index in [-0.39, 0.29) is 11.6 Å². The fourth-order valence-electron chi connectivity index (χ4n) is 2.25. The maximum Gasteiger partial charge on any atom is 0.309 e. The Bertz CT molecular complexity index is 913. The van der Waals surface area contributed by atoms with Crippen LogP contribution in [0.15, 0.2) is 22.0 Å². The highest BCUT2D eigenvalue weighted by Crippen LogP contribution is 2.29. The minimum Gasteiger partial charge on any atom is -0.491 e. The topological polar surface area (TPSA) is 118 Å². The van der Waals surface area contributed by atoms with E-state index in [2.05, 4.69) is 31.5 Å². The van der Waals surface area contributed by atoms with Gasteiger partial charge in [0.1, 0.15) is 12.2 Å². The number of halogens is 1. The number of hydrogen-bond donors (Lipinski definition) is 3. The van der Waals surface area contributed by atoms with E-state index in [4.69, 9.17) is 9.84 Å². The van der Waals surface area contributed by atoms with E-state index in [9.17, 15) is 14.4 Å². The van der Waals surface area contributed by atoms with E-state index in [1.54, 1.807) is 6.07 Å². The molecule has 0 spiro atoms. The number of benzene rings is 1. The maximum absolute atomic E-state index is 12.3. The standard InChI is InChI=1S/C19H22BrN3O5S/c1-10(2)9-28-14-6-11(3)4-5-12(14)21-15(24)8-16(25)23-19-22-13(7-17(26)27)18(20)29-19/h4-6,10H,7-9H2,1-3H3,(H,21,24)(H,26,27)(H,22,23,25). The van der Waals surface area contributed by atoms with E-state index in [0.717, 1.165) is 16.9 Å². The van der Waals surface area contributed by atoms with Crippen molar-refractivity contribution in [2.45, 2.75) is 33.6 Å². The molecule has 0 aliphatic carbocycles. The molecule has 156 valence electrons. The first-order valence-corrected chi connectivity index (χ1v) is 10.4. The number of carbonyl (C=O) groups is 3. The van der Waals surface area contributed by atoms with Gasteiger partial charge in [-0.1, -0.05) is 31.3 Å². The number of amides is 2. The Morgan fingerprint density at radius 1 is 1.24 bits per heavy atom. The molecule has 0 saturated heterocycles. The Morgan fingerprint density at radius 3 is 2.59 bits per heavy atom. The van der Waals surface area contributed by atoms with Gasteiger partial charge in [0, 0.05) is 0 Å². The lowest BCUT2D eigenvalue weighted by atomic mass is 10.2. The van der Waals surface area contributed by atoms with Crippen LogP contribution in [0.1, 0.15) is 31.5 Å². The van der Waals surface area contributed by atoms with Crippen molar-refractivity contribution >= 4 is 55.9 Å². The van der Waals surface area contributed by atoms with Crippen LogP contribution in [0.25, 0.3) is 0 Å². The third kappa shape index (κ3) is 7.47. The minimum absolute atomic E-state index is 0.224. The summed E-state index contributed by atoms with van der Waals surface area (Å²) in [4.78, 5) is 39.3. The van der Waals surface area contributed by atoms with Gasteiger partial charge in [0.15, 0.2) is 5.13 Å². The van der Waals surface area contributed by atoms with Gasteiger partial charge in [-0.2, -0.15) is 0 Å². The number of carboxylic acid groups (broad SMARTS) is 1. The fraction of sp³-hybridized carbons (Fsp3) is 0.368. The summed E-state index contributed by atoms with van der Waals surface area (Å²) in [6.45, 7) is 6.48. The minimum atomic E-state index is -1.03. The molecule has 0 radical (unpaired) electrons. The average molecular weight is 484 g/mol. The maximum atomic E-state index is 12.3. The summed E-state index contributed by atoms with van der Waals surface area (Å²) >= 11 is 4.31. The van der Waals surface area contributed by atoms with Gasteiger partial charge in [0.2, 0.25) is 11.8 Å². The van der Waals surface area contributed by atoms with Gasteiger partial charge in [-0.05, 0) is 46.5 Å². The number of ether oxygens (including phenoxy) is 1. The zero-order valence-electron chi connectivity index (χ0n) is 16.2. The Labute approximate surface area is 180 Å². The van der Waals surface area contributed by atoms with Gasteiger partial charge >= 0.3 is 5.97 Å². The Kier molecular flexibility index (Phi) is 8.15. The van der Waals surface area contributed by atoms with Gasteiger partial charge in [-0.3, -0.25) is 14.4 Å². The van der Waals surface area contributed by atoms with Gasteiger partial charge in [0.05, 0.1) is 28.2 Å². The van der Waals surface area contributed by atoms with Gasteiger partial charge in [0.25, 0.3) is 0 Å². The lowest BCUT2D eigenvalue weighted by Crippen LogP contribution is -2.22. The first-order valence-electron chi connectivity index (χ1n) is 8.84. The quantitative estimate of drug-likeness (QED) is 0.466. The zero-order chi connectivity index (χ0) is 21.6. The van der Waals surface area contributed by atoms with Crippen LogP contribution in [0.2, 0.25) is 0 Å². The molecule has 10 heteroatoms. The molecular weight excluding hydrogens is 462 g/mol. The first-order chi connectivity index (χ1) is 13.6. The summed E-state index contributed by atoms with van der Waals surface area (Å²) in [6.07, 6.45) is -0.678. The van der Waals surface area contributed by atoms with Crippen molar-refractivity contribution in [1.82, 2.24) is 4.98 Å². The van der Waals surface area contributed by atoms with E-state index < -0.39 is 24.2 Å². The van der Waals surface area contributed by atoms with Crippen LogP contribution >= 0.6 is 27.3 Å². The molecule has 2 amide bonds. The summed E-state index contributed by atoms with van der Waals surface area (Å²) in [5, 5.41) is 14.3. The summed E-state index contributed by atoms with van der Waals surface area (Å²) in [6, 6.07) is 5.40. The third-order valence-electron chi connectivity index (χ3n) is 3.52. The monoisotopic (exact) mass is 483 g/mol. The molecule has 1 aromatic heterocycles. The molecule has 0 fully saturated rings. The van der Waals surface area contributed by atoms with E-state index in [0.29, 0.717) is 33.4 Å². The zero-order valence-corrected chi connectivity index (χ0v) is 18.6. The predicted molar refractivity (Wildman–Crippen MR) is 115 cm³/mol. The number of aromatic nitrogens is 1. The molecule has 0 atom stereocenters. The van der Waals surface area contributed by atoms with Crippen LogP contribution in [0.3, 0.4) is 0 Å². The first kappa shape index (κ1) is 22.8. The molecule has 2 aromatic rings. The fourth-order valence-corrected chi connectivity index (χ4v) is 3.67. The molecule has 0 bridgehead atoms. The number of aryl methyl sites for hydroxylation is 1. The van der Waals surface area contributed by atoms with Crippen molar-refractivity contribution in [2.75, 3.05) is 17.2 Å². The van der Waals surface area contributed by atoms with Crippen molar-refractivity contribution in [3.63, 3.8) is 0 Å². The van der Waals surface area contributed by atoms with Crippen molar-refractivity contribution < 1.29 is 24.2 Å². The van der Waals surface area contributed by atoms with E-state index in [1.807, 2.05) is 32.9 Å². The van der Waals surface area contributed by atoms with Crippen LogP contribution in [-0.4, -0.2) is 34.5 Å². The second kappa shape index (κ2) is 10.4. The molecule has 3 N–H and O–H groups in total. The molecular formula is C19H22BrN3O5S. The van der Waals surface area contributed by atoms with Crippen LogP contribution in [0.4, 0.5) is 10.8 Å². The van der Waals surface area contributed by atoms with Crippen LogP contribution in [-0.2, 0) is 20.8 Å². The van der Waals surface area contributed by atoms with Crippen molar-refractivity contribution in [3.8, 4) is 5.75 Å². The molecule has 8 nitrogen and oxygen atoms in total. The number of rotatable bonds is 9. The Balaban J connectivity index is 1.97. The number of carbonyl (C=O) groups excluding carboxylic acids is 2. The van der Waals surface area contributed by atoms with Gasteiger partial charge in [-0.15, -0.1) is 0 Å². The van der Waals surface area contributed by atoms with Crippen LogP contribution in [0, 0.1) is 12.8 Å². The summed E-state index contributed by atoms with van der Waals surface area (Å²) < 4.78 is 6.27. The number of nitrogens with one attached hydrogen (secondary N) is 2. The second-order valence-corrected chi connectivity index (χ2v) is 9.10. The molecule has 0 aliphatic heterocycles. The molecule has 0 unspecified atom stereocenters. The van der Waals surface area contributed by atoms with Gasteiger partial charge in [-0.25, -0.2) is 4.98 Å². The number of anilines is 2. The van der Waals surface area contributed by atoms with Gasteiger partial charge < -0.3 is 20.5 Å². The smallest absolute Gasteiger partial charge is 0.309 e. The van der Waals surface area contributed by atoms with Crippen molar-refractivity contribution in [2.24, 2.45) is 5.92 Å². The summed E-state index contributed by atoms with van der Waals surface area (Å²) in [7, 11) is 0. The SMILES string of the molecule is Cc1ccc(NC(=O)CC(=O)Nc2nc(CC(=O)O)c(Br)s2)c(OCC(C)C)c1. The summed E-state index contributed by atoms with van der Waals surface area (Å²) in [5.74, 6) is -1.20. The lowest BCUT2D eigenvalue weighted by molar-refractivity contribution is -0.136. The molecule has 2 rings (SSSR count). The van der Waals surface area contributed by atoms with Crippen molar-refractivity contribution in [3.05, 3.63) is 33.2 Å². The average Bonchev–Trinajstić information content (AvgIpc) is 2.93. The molecule has 29 heavy (non-hydrogen) atoms. The highest BCUT2D eigenvalue weighted by molar-refractivity contribution is 9.11. The molecule has 0 saturated carbocycles. The van der Waals surface area contributed by atoms with Crippen molar-refractivity contribution in [1.29, 1.82) is 0 Å². The predicted octanol–water partition coefficient (Wildman–Crippen LogP) is 3.84. The normalized spacial score (nSPS) is 10.7. The lowest BCUT2D eigenvalue weighted by Gasteiger charge is -2.14. The molecule has 0 aliphatic rings. The highest BCUT2D eigenvalue weighted by Gasteiger charge is 2.17. The Morgan fingerprint density at radius 2 is 1.93 bits per heavy atom. The number of hydrogen-bond acceptors (Lipinski definition) is 6. The number of carboxylic acids is 1. The highest BCUT2D eigenvalue weighted by atomic mass is 79.9. The second-order valence-electron chi connectivity index (χ2n) is 6.79. The molecule has 1 heterocycles. The van der Waals surface area contributed by atoms with Crippen LogP contribution < -0.4 is 15.4 Å². The largest absolute Gasteiger partial charge is 0.491 e. The number of thiazole rings is 1. The molecule has 1 aromatic carbocycles. The number of aliphatic carboxylic acids is 1. The summed E-state index contributed by atoms with van der Waals surface area (Å²) in [5.41, 5.74) is 1.80. The van der Waals surface area contributed by atoms with Crippen LogP contribution in [0.5, 0.6) is 5.75 Å². The Hall–Kier alpha value is -2.46. The van der Waals surface area contributed by atoms with E-state index in [1.165, 1.54) is 0 Å². The number of nitrogens with zero attached hydrogens (tertiary/aromatic N) is 1.